The fourth-order valence-electron chi connectivity index (χ4n) is 2.75. The molecule has 1 amide bonds. The summed E-state index contributed by atoms with van der Waals surface area (Å²) in [6, 6.07) is 4.93. The molecular weight excluding hydrogens is 274 g/mol. The van der Waals surface area contributed by atoms with E-state index in [0.717, 1.165) is 25.7 Å². The molecule has 1 aliphatic carbocycles. The normalized spacial score (nSPS) is 16.9. The Kier molecular flexibility index (Phi) is 4.48. The maximum absolute atomic E-state index is 12.1. The van der Waals surface area contributed by atoms with Gasteiger partial charge in [0, 0.05) is 17.9 Å². The number of nitrogens with one attached hydrogen (secondary N) is 1. The van der Waals surface area contributed by atoms with Gasteiger partial charge in [0.1, 0.15) is 0 Å². The van der Waals surface area contributed by atoms with Crippen LogP contribution >= 0.6 is 0 Å². The second-order valence-corrected chi connectivity index (χ2v) is 7.56. The van der Waals surface area contributed by atoms with Gasteiger partial charge >= 0.3 is 0 Å². The summed E-state index contributed by atoms with van der Waals surface area (Å²) in [7, 11) is -3.21. The highest BCUT2D eigenvalue weighted by molar-refractivity contribution is 7.90. The third-order valence-corrected chi connectivity index (χ3v) is 5.07. The summed E-state index contributed by atoms with van der Waals surface area (Å²) in [6.07, 6.45) is 6.54. The van der Waals surface area contributed by atoms with Crippen LogP contribution in [0.2, 0.25) is 0 Å². The number of sulfone groups is 1. The summed E-state index contributed by atoms with van der Waals surface area (Å²) < 4.78 is 23.1. The molecule has 2 rings (SSSR count). The van der Waals surface area contributed by atoms with Crippen molar-refractivity contribution in [3.63, 3.8) is 0 Å². The number of benzene rings is 1. The zero-order valence-corrected chi connectivity index (χ0v) is 12.8. The fourth-order valence-corrected chi connectivity index (χ4v) is 3.71. The summed E-state index contributed by atoms with van der Waals surface area (Å²) in [4.78, 5) is 12.4. The Bertz CT molecular complexity index is 602. The van der Waals surface area contributed by atoms with Crippen LogP contribution in [-0.2, 0) is 14.6 Å². The summed E-state index contributed by atoms with van der Waals surface area (Å²) in [5.74, 6) is 0.148. The maximum atomic E-state index is 12.1. The molecule has 1 aromatic rings. The van der Waals surface area contributed by atoms with Crippen LogP contribution < -0.4 is 5.32 Å². The largest absolute Gasteiger partial charge is 0.326 e. The first kappa shape index (κ1) is 15.0. The van der Waals surface area contributed by atoms with Gasteiger partial charge in [-0.05, 0) is 43.5 Å². The Balaban J connectivity index is 2.10. The van der Waals surface area contributed by atoms with Crippen molar-refractivity contribution in [3.8, 4) is 0 Å². The van der Waals surface area contributed by atoms with Gasteiger partial charge in [-0.1, -0.05) is 19.3 Å². The van der Waals surface area contributed by atoms with E-state index in [2.05, 4.69) is 5.32 Å². The number of amides is 1. The van der Waals surface area contributed by atoms with E-state index in [9.17, 15) is 13.2 Å². The van der Waals surface area contributed by atoms with Gasteiger partial charge in [-0.3, -0.25) is 4.79 Å². The van der Waals surface area contributed by atoms with Gasteiger partial charge in [0.25, 0.3) is 0 Å². The molecule has 0 aromatic heterocycles. The van der Waals surface area contributed by atoms with Crippen LogP contribution in [0.25, 0.3) is 0 Å². The number of hydrogen-bond acceptors (Lipinski definition) is 3. The van der Waals surface area contributed by atoms with Crippen molar-refractivity contribution < 1.29 is 13.2 Å². The molecule has 1 fully saturated rings. The van der Waals surface area contributed by atoms with Crippen LogP contribution in [0.15, 0.2) is 23.1 Å². The van der Waals surface area contributed by atoms with Crippen molar-refractivity contribution in [1.29, 1.82) is 0 Å². The number of hydrogen-bond donors (Lipinski definition) is 1. The van der Waals surface area contributed by atoms with E-state index >= 15 is 0 Å². The van der Waals surface area contributed by atoms with Gasteiger partial charge in [0.15, 0.2) is 9.84 Å². The SMILES string of the molecule is Cc1cc(NC(=O)C2CCCCC2)ccc1S(C)(=O)=O. The van der Waals surface area contributed by atoms with E-state index in [4.69, 9.17) is 0 Å². The quantitative estimate of drug-likeness (QED) is 0.932. The van der Waals surface area contributed by atoms with E-state index in [1.165, 1.54) is 12.7 Å². The Labute approximate surface area is 120 Å². The standard InChI is InChI=1S/C15H21NO3S/c1-11-10-13(8-9-14(11)20(2,18)19)16-15(17)12-6-4-3-5-7-12/h8-10,12H,3-7H2,1-2H3,(H,16,17). The number of carbonyl (C=O) groups is 1. The van der Waals surface area contributed by atoms with E-state index in [-0.39, 0.29) is 11.8 Å². The van der Waals surface area contributed by atoms with Crippen LogP contribution in [0.3, 0.4) is 0 Å². The van der Waals surface area contributed by atoms with E-state index in [1.54, 1.807) is 25.1 Å². The van der Waals surface area contributed by atoms with E-state index in [1.807, 2.05) is 0 Å². The third-order valence-electron chi connectivity index (χ3n) is 3.82. The highest BCUT2D eigenvalue weighted by Crippen LogP contribution is 2.26. The third kappa shape index (κ3) is 3.60. The van der Waals surface area contributed by atoms with Crippen molar-refractivity contribution in [2.45, 2.75) is 43.9 Å². The summed E-state index contributed by atoms with van der Waals surface area (Å²) >= 11 is 0. The molecule has 20 heavy (non-hydrogen) atoms. The molecule has 1 aliphatic rings. The Morgan fingerprint density at radius 3 is 2.40 bits per heavy atom. The van der Waals surface area contributed by atoms with Gasteiger partial charge < -0.3 is 5.32 Å². The van der Waals surface area contributed by atoms with Gasteiger partial charge in [-0.15, -0.1) is 0 Å². The first-order chi connectivity index (χ1) is 9.38. The van der Waals surface area contributed by atoms with E-state index in [0.29, 0.717) is 16.1 Å². The summed E-state index contributed by atoms with van der Waals surface area (Å²) in [6.45, 7) is 1.74. The molecule has 0 saturated heterocycles. The van der Waals surface area contributed by atoms with Crippen LogP contribution in [0.4, 0.5) is 5.69 Å². The molecule has 110 valence electrons. The monoisotopic (exact) mass is 295 g/mol. The Morgan fingerprint density at radius 2 is 1.85 bits per heavy atom. The molecule has 0 atom stereocenters. The molecule has 0 bridgehead atoms. The predicted molar refractivity (Wildman–Crippen MR) is 79.5 cm³/mol. The minimum atomic E-state index is -3.21. The summed E-state index contributed by atoms with van der Waals surface area (Å²) in [5.41, 5.74) is 1.33. The molecule has 0 unspecified atom stereocenters. The highest BCUT2D eigenvalue weighted by atomic mass is 32.2. The molecule has 0 heterocycles. The van der Waals surface area contributed by atoms with Crippen molar-refractivity contribution in [2.24, 2.45) is 5.92 Å². The average Bonchev–Trinajstić information content (AvgIpc) is 2.38. The van der Waals surface area contributed by atoms with Gasteiger partial charge in [0.2, 0.25) is 5.91 Å². The first-order valence-corrected chi connectivity index (χ1v) is 8.88. The van der Waals surface area contributed by atoms with Crippen molar-refractivity contribution in [1.82, 2.24) is 0 Å². The first-order valence-electron chi connectivity index (χ1n) is 6.99. The van der Waals surface area contributed by atoms with Crippen LogP contribution in [0.5, 0.6) is 0 Å². The zero-order chi connectivity index (χ0) is 14.8. The minimum absolute atomic E-state index is 0.0520. The molecule has 0 aliphatic heterocycles. The lowest BCUT2D eigenvalue weighted by Gasteiger charge is -2.21. The van der Waals surface area contributed by atoms with Gasteiger partial charge in [-0.25, -0.2) is 8.42 Å². The Morgan fingerprint density at radius 1 is 1.20 bits per heavy atom. The molecule has 0 spiro atoms. The average molecular weight is 295 g/mol. The van der Waals surface area contributed by atoms with Crippen molar-refractivity contribution in [2.75, 3.05) is 11.6 Å². The fraction of sp³-hybridized carbons (Fsp3) is 0.533. The second-order valence-electron chi connectivity index (χ2n) is 5.58. The molecule has 0 radical (unpaired) electrons. The molecule has 4 nitrogen and oxygen atoms in total. The van der Waals surface area contributed by atoms with Crippen LogP contribution in [-0.4, -0.2) is 20.6 Å². The number of anilines is 1. The van der Waals surface area contributed by atoms with Crippen molar-refractivity contribution in [3.05, 3.63) is 23.8 Å². The molecule has 1 saturated carbocycles. The van der Waals surface area contributed by atoms with E-state index < -0.39 is 9.84 Å². The molecule has 1 aromatic carbocycles. The number of rotatable bonds is 3. The number of carbonyl (C=O) groups excluding carboxylic acids is 1. The topological polar surface area (TPSA) is 63.2 Å². The second kappa shape index (κ2) is 5.95. The lowest BCUT2D eigenvalue weighted by Crippen LogP contribution is -2.24. The van der Waals surface area contributed by atoms with Crippen molar-refractivity contribution >= 4 is 21.4 Å². The lowest BCUT2D eigenvalue weighted by atomic mass is 9.88. The predicted octanol–water partition coefficient (Wildman–Crippen LogP) is 2.92. The van der Waals surface area contributed by atoms with Crippen LogP contribution in [0, 0.1) is 12.8 Å². The zero-order valence-electron chi connectivity index (χ0n) is 12.0. The molecular formula is C15H21NO3S. The minimum Gasteiger partial charge on any atom is -0.326 e. The van der Waals surface area contributed by atoms with Gasteiger partial charge in [0.05, 0.1) is 4.90 Å². The number of aryl methyl sites for hydroxylation is 1. The highest BCUT2D eigenvalue weighted by Gasteiger charge is 2.21. The van der Waals surface area contributed by atoms with Gasteiger partial charge in [-0.2, -0.15) is 0 Å². The van der Waals surface area contributed by atoms with Crippen LogP contribution in [0.1, 0.15) is 37.7 Å². The summed E-state index contributed by atoms with van der Waals surface area (Å²) in [5, 5.41) is 2.90. The Hall–Kier alpha value is -1.36. The maximum Gasteiger partial charge on any atom is 0.227 e. The molecule has 1 N–H and O–H groups in total. The lowest BCUT2D eigenvalue weighted by molar-refractivity contribution is -0.120. The smallest absolute Gasteiger partial charge is 0.227 e. The molecule has 5 heteroatoms.